The highest BCUT2D eigenvalue weighted by Gasteiger charge is 2.37. The number of amides is 3. The molecule has 0 aromatic heterocycles. The van der Waals surface area contributed by atoms with Gasteiger partial charge < -0.3 is 10.1 Å². The molecular weight excluding hydrogens is 454 g/mol. The number of aryl methyl sites for hydroxylation is 1. The Balaban J connectivity index is 1.65. The van der Waals surface area contributed by atoms with E-state index < -0.39 is 30.3 Å². The van der Waals surface area contributed by atoms with Crippen molar-refractivity contribution in [1.29, 1.82) is 0 Å². The van der Waals surface area contributed by atoms with Crippen molar-refractivity contribution in [2.24, 2.45) is 0 Å². The zero-order valence-electron chi connectivity index (χ0n) is 19.2. The summed E-state index contributed by atoms with van der Waals surface area (Å²) in [6.07, 6.45) is 1.47. The average molecular weight is 480 g/mol. The molecule has 0 unspecified atom stereocenters. The van der Waals surface area contributed by atoms with Gasteiger partial charge in [-0.1, -0.05) is 29.8 Å². The van der Waals surface area contributed by atoms with E-state index in [0.717, 1.165) is 5.56 Å². The van der Waals surface area contributed by atoms with E-state index in [4.69, 9.17) is 17.0 Å². The van der Waals surface area contributed by atoms with Gasteiger partial charge in [0.2, 0.25) is 0 Å². The van der Waals surface area contributed by atoms with Crippen molar-refractivity contribution in [3.05, 3.63) is 70.8 Å². The molecule has 9 heteroatoms. The highest BCUT2D eigenvalue weighted by Crippen LogP contribution is 2.20. The predicted molar refractivity (Wildman–Crippen MR) is 132 cm³/mol. The van der Waals surface area contributed by atoms with Gasteiger partial charge in [-0.25, -0.2) is 4.79 Å². The summed E-state index contributed by atoms with van der Waals surface area (Å²) in [5.41, 5.74) is 2.47. The molecular formula is C25H25N3O5S. The number of benzene rings is 2. The van der Waals surface area contributed by atoms with Crippen molar-refractivity contribution in [2.75, 3.05) is 25.0 Å². The van der Waals surface area contributed by atoms with Crippen LogP contribution in [0.3, 0.4) is 0 Å². The summed E-state index contributed by atoms with van der Waals surface area (Å²) in [7, 11) is 0. The lowest BCUT2D eigenvalue weighted by atomic mass is 10.0. The molecule has 176 valence electrons. The molecule has 0 radical (unpaired) electrons. The SMILES string of the molecule is CCN1C(=O)C(=Cc2ccc(C(=O)OCC(=O)Nc3ccc(C)cc3)cc2)C(=O)N(CC)C1=S. The van der Waals surface area contributed by atoms with Gasteiger partial charge in [-0.05, 0) is 68.9 Å². The molecule has 2 aromatic rings. The Morgan fingerprint density at radius 3 is 2.03 bits per heavy atom. The number of hydrogen-bond donors (Lipinski definition) is 1. The summed E-state index contributed by atoms with van der Waals surface area (Å²) in [5.74, 6) is -2.02. The van der Waals surface area contributed by atoms with Gasteiger partial charge in [0, 0.05) is 18.8 Å². The van der Waals surface area contributed by atoms with Crippen LogP contribution in [0.2, 0.25) is 0 Å². The fourth-order valence-electron chi connectivity index (χ4n) is 3.31. The van der Waals surface area contributed by atoms with Gasteiger partial charge in [-0.3, -0.25) is 24.2 Å². The fourth-order valence-corrected chi connectivity index (χ4v) is 3.74. The highest BCUT2D eigenvalue weighted by atomic mass is 32.1. The van der Waals surface area contributed by atoms with E-state index in [0.29, 0.717) is 24.3 Å². The minimum atomic E-state index is -0.664. The number of nitrogens with zero attached hydrogens (tertiary/aromatic N) is 2. The lowest BCUT2D eigenvalue weighted by Crippen LogP contribution is -2.55. The van der Waals surface area contributed by atoms with Crippen molar-refractivity contribution >= 4 is 52.8 Å². The van der Waals surface area contributed by atoms with E-state index in [-0.39, 0.29) is 16.2 Å². The largest absolute Gasteiger partial charge is 0.452 e. The molecule has 0 atom stereocenters. The van der Waals surface area contributed by atoms with Crippen molar-refractivity contribution in [3.8, 4) is 0 Å². The standard InChI is InChI=1S/C25H25N3O5S/c1-4-27-22(30)20(23(31)28(5-2)25(27)34)14-17-8-10-18(11-9-17)24(32)33-15-21(29)26-19-12-6-16(3)7-13-19/h6-14H,4-5,15H2,1-3H3,(H,26,29). The van der Waals surface area contributed by atoms with Crippen LogP contribution in [0.4, 0.5) is 5.69 Å². The number of hydrogen-bond acceptors (Lipinski definition) is 6. The maximum absolute atomic E-state index is 12.7. The predicted octanol–water partition coefficient (Wildman–Crippen LogP) is 3.17. The van der Waals surface area contributed by atoms with E-state index in [9.17, 15) is 19.2 Å². The van der Waals surface area contributed by atoms with Crippen molar-refractivity contribution < 1.29 is 23.9 Å². The third-order valence-corrected chi connectivity index (χ3v) is 5.61. The van der Waals surface area contributed by atoms with Gasteiger partial charge in [0.1, 0.15) is 5.57 Å². The second-order valence-electron chi connectivity index (χ2n) is 7.55. The van der Waals surface area contributed by atoms with Crippen LogP contribution in [0.15, 0.2) is 54.1 Å². The molecule has 0 spiro atoms. The molecule has 3 amide bonds. The maximum Gasteiger partial charge on any atom is 0.338 e. The van der Waals surface area contributed by atoms with E-state index in [1.54, 1.807) is 38.1 Å². The third-order valence-electron chi connectivity index (χ3n) is 5.17. The molecule has 1 heterocycles. The second kappa shape index (κ2) is 10.8. The minimum absolute atomic E-state index is 0.000373. The molecule has 1 fully saturated rings. The van der Waals surface area contributed by atoms with Gasteiger partial charge in [-0.15, -0.1) is 0 Å². The molecule has 0 bridgehead atoms. The number of nitrogens with one attached hydrogen (secondary N) is 1. The van der Waals surface area contributed by atoms with Crippen LogP contribution in [0.1, 0.15) is 35.3 Å². The molecule has 0 saturated carbocycles. The first-order valence-electron chi connectivity index (χ1n) is 10.8. The normalized spacial score (nSPS) is 13.7. The van der Waals surface area contributed by atoms with Gasteiger partial charge in [0.15, 0.2) is 11.7 Å². The number of thiocarbonyl (C=S) groups is 1. The fraction of sp³-hybridized carbons (Fsp3) is 0.240. The molecule has 8 nitrogen and oxygen atoms in total. The van der Waals surface area contributed by atoms with Crippen LogP contribution in [0, 0.1) is 6.92 Å². The molecule has 1 aliphatic rings. The average Bonchev–Trinajstić information content (AvgIpc) is 2.83. The quantitative estimate of drug-likeness (QED) is 0.284. The van der Waals surface area contributed by atoms with Crippen LogP contribution in [0.25, 0.3) is 6.08 Å². The third kappa shape index (κ3) is 5.55. The number of anilines is 1. The number of likely N-dealkylation sites (N-methyl/N-ethyl adjacent to an activating group) is 2. The Hall–Kier alpha value is -3.85. The molecule has 1 N–H and O–H groups in total. The van der Waals surface area contributed by atoms with E-state index in [2.05, 4.69) is 5.32 Å². The van der Waals surface area contributed by atoms with Crippen LogP contribution in [-0.2, 0) is 19.1 Å². The van der Waals surface area contributed by atoms with Crippen LogP contribution >= 0.6 is 12.2 Å². The summed E-state index contributed by atoms with van der Waals surface area (Å²) in [6.45, 7) is 5.78. The number of rotatable bonds is 7. The Kier molecular flexibility index (Phi) is 7.91. The van der Waals surface area contributed by atoms with E-state index in [1.165, 1.54) is 28.0 Å². The van der Waals surface area contributed by atoms with Crippen LogP contribution in [0.5, 0.6) is 0 Å². The Morgan fingerprint density at radius 2 is 1.50 bits per heavy atom. The first-order chi connectivity index (χ1) is 16.2. The number of ether oxygens (including phenoxy) is 1. The minimum Gasteiger partial charge on any atom is -0.452 e. The summed E-state index contributed by atoms with van der Waals surface area (Å²) in [5, 5.41) is 2.85. The first-order valence-corrected chi connectivity index (χ1v) is 11.2. The zero-order valence-corrected chi connectivity index (χ0v) is 20.0. The summed E-state index contributed by atoms with van der Waals surface area (Å²) < 4.78 is 5.08. The second-order valence-corrected chi connectivity index (χ2v) is 7.92. The molecule has 1 aliphatic heterocycles. The molecule has 3 rings (SSSR count). The van der Waals surface area contributed by atoms with Crippen molar-refractivity contribution in [3.63, 3.8) is 0 Å². The Bertz CT molecular complexity index is 1130. The lowest BCUT2D eigenvalue weighted by molar-refractivity contribution is -0.133. The molecule has 0 aliphatic carbocycles. The van der Waals surface area contributed by atoms with Crippen molar-refractivity contribution in [1.82, 2.24) is 9.80 Å². The van der Waals surface area contributed by atoms with Gasteiger partial charge >= 0.3 is 5.97 Å². The topological polar surface area (TPSA) is 96.0 Å². The van der Waals surface area contributed by atoms with E-state index >= 15 is 0 Å². The monoisotopic (exact) mass is 479 g/mol. The van der Waals surface area contributed by atoms with Gasteiger partial charge in [0.25, 0.3) is 17.7 Å². The highest BCUT2D eigenvalue weighted by molar-refractivity contribution is 7.80. The molecule has 34 heavy (non-hydrogen) atoms. The van der Waals surface area contributed by atoms with Gasteiger partial charge in [0.05, 0.1) is 5.56 Å². The molecule has 1 saturated heterocycles. The Morgan fingerprint density at radius 1 is 0.941 bits per heavy atom. The number of carbonyl (C=O) groups excluding carboxylic acids is 4. The zero-order chi connectivity index (χ0) is 24.8. The van der Waals surface area contributed by atoms with Crippen LogP contribution in [-0.4, -0.2) is 58.3 Å². The number of carbonyl (C=O) groups is 4. The van der Waals surface area contributed by atoms with Crippen LogP contribution < -0.4 is 5.32 Å². The molecule has 2 aromatic carbocycles. The Labute approximate surface area is 203 Å². The number of esters is 1. The summed E-state index contributed by atoms with van der Waals surface area (Å²) in [4.78, 5) is 52.5. The van der Waals surface area contributed by atoms with Crippen molar-refractivity contribution in [2.45, 2.75) is 20.8 Å². The van der Waals surface area contributed by atoms with Gasteiger partial charge in [-0.2, -0.15) is 0 Å². The lowest BCUT2D eigenvalue weighted by Gasteiger charge is -2.35. The first kappa shape index (κ1) is 24.8. The summed E-state index contributed by atoms with van der Waals surface area (Å²) >= 11 is 5.25. The smallest absolute Gasteiger partial charge is 0.338 e. The van der Waals surface area contributed by atoms with E-state index in [1.807, 2.05) is 19.1 Å². The maximum atomic E-state index is 12.7. The summed E-state index contributed by atoms with van der Waals surface area (Å²) in [6, 6.07) is 13.4.